The van der Waals surface area contributed by atoms with Crippen molar-refractivity contribution in [3.8, 4) is 6.01 Å². The Morgan fingerprint density at radius 1 is 1.10 bits per heavy atom. The molecule has 0 spiro atoms. The summed E-state index contributed by atoms with van der Waals surface area (Å²) in [5, 5.41) is 6.06. The van der Waals surface area contributed by atoms with E-state index >= 15 is 0 Å². The summed E-state index contributed by atoms with van der Waals surface area (Å²) in [7, 11) is 1.75. The highest BCUT2D eigenvalue weighted by atomic mass is 79.9. The van der Waals surface area contributed by atoms with Gasteiger partial charge in [0.05, 0.1) is 6.10 Å². The fraction of sp³-hybridized carbons (Fsp3) is 0.357. The minimum absolute atomic E-state index is 0.00179. The molecule has 0 aliphatic carbocycles. The van der Waals surface area contributed by atoms with E-state index in [2.05, 4.69) is 41.5 Å². The maximum atomic E-state index is 5.53. The maximum Gasteiger partial charge on any atom is 0.323 e. The quantitative estimate of drug-likeness (QED) is 0.858. The van der Waals surface area contributed by atoms with Gasteiger partial charge in [-0.25, -0.2) is 0 Å². The Balaban J connectivity index is 2.29. The SMILES string of the molecule is CNc1nc(Nc2cc(C)cc(Br)c2)nc(OC(C)C)n1. The summed E-state index contributed by atoms with van der Waals surface area (Å²) in [4.78, 5) is 12.7. The van der Waals surface area contributed by atoms with E-state index in [9.17, 15) is 0 Å². The van der Waals surface area contributed by atoms with Gasteiger partial charge in [-0.15, -0.1) is 0 Å². The van der Waals surface area contributed by atoms with Crippen LogP contribution in [-0.4, -0.2) is 28.1 Å². The standard InChI is InChI=1S/C14H18BrN5O/c1-8(2)21-14-19-12(16-4)18-13(20-14)17-11-6-9(3)5-10(15)7-11/h5-8H,1-4H3,(H2,16,17,18,19,20). The van der Waals surface area contributed by atoms with E-state index in [-0.39, 0.29) is 6.10 Å². The van der Waals surface area contributed by atoms with Crippen LogP contribution < -0.4 is 15.4 Å². The highest BCUT2D eigenvalue weighted by Crippen LogP contribution is 2.22. The minimum Gasteiger partial charge on any atom is -0.461 e. The number of benzene rings is 1. The lowest BCUT2D eigenvalue weighted by Crippen LogP contribution is -2.11. The van der Waals surface area contributed by atoms with Crippen LogP contribution in [-0.2, 0) is 0 Å². The van der Waals surface area contributed by atoms with Crippen LogP contribution in [0.15, 0.2) is 22.7 Å². The van der Waals surface area contributed by atoms with E-state index in [1.807, 2.05) is 39.0 Å². The molecule has 0 aliphatic rings. The highest BCUT2D eigenvalue weighted by Gasteiger charge is 2.09. The number of hydrogen-bond donors (Lipinski definition) is 2. The summed E-state index contributed by atoms with van der Waals surface area (Å²) in [6.07, 6.45) is -0.00179. The van der Waals surface area contributed by atoms with Crippen molar-refractivity contribution in [2.45, 2.75) is 26.9 Å². The van der Waals surface area contributed by atoms with Crippen molar-refractivity contribution in [2.75, 3.05) is 17.7 Å². The lowest BCUT2D eigenvalue weighted by molar-refractivity contribution is 0.222. The van der Waals surface area contributed by atoms with Gasteiger partial charge in [0.1, 0.15) is 0 Å². The van der Waals surface area contributed by atoms with Crippen LogP contribution in [0.25, 0.3) is 0 Å². The van der Waals surface area contributed by atoms with Crippen molar-refractivity contribution in [1.82, 2.24) is 15.0 Å². The number of aryl methyl sites for hydroxylation is 1. The second kappa shape index (κ2) is 6.71. The molecule has 0 saturated heterocycles. The summed E-state index contributed by atoms with van der Waals surface area (Å²) in [5.74, 6) is 0.886. The van der Waals surface area contributed by atoms with Gasteiger partial charge in [-0.05, 0) is 44.5 Å². The fourth-order valence-electron chi connectivity index (χ4n) is 1.73. The van der Waals surface area contributed by atoms with Crippen molar-refractivity contribution in [3.05, 3.63) is 28.2 Å². The van der Waals surface area contributed by atoms with Crippen LogP contribution in [0.4, 0.5) is 17.6 Å². The third-order valence-corrected chi connectivity index (χ3v) is 2.94. The average Bonchev–Trinajstić information content (AvgIpc) is 2.36. The number of anilines is 3. The molecule has 0 saturated carbocycles. The van der Waals surface area contributed by atoms with Gasteiger partial charge in [-0.2, -0.15) is 15.0 Å². The van der Waals surface area contributed by atoms with Gasteiger partial charge >= 0.3 is 6.01 Å². The summed E-state index contributed by atoms with van der Waals surface area (Å²) in [6, 6.07) is 6.29. The summed E-state index contributed by atoms with van der Waals surface area (Å²) in [6.45, 7) is 5.87. The van der Waals surface area contributed by atoms with Crippen LogP contribution in [0.3, 0.4) is 0 Å². The van der Waals surface area contributed by atoms with Gasteiger partial charge in [-0.1, -0.05) is 15.9 Å². The van der Waals surface area contributed by atoms with Crippen LogP contribution in [0.2, 0.25) is 0 Å². The zero-order valence-electron chi connectivity index (χ0n) is 12.4. The molecule has 0 aliphatic heterocycles. The Morgan fingerprint density at radius 2 is 1.81 bits per heavy atom. The molecule has 6 nitrogen and oxygen atoms in total. The fourth-order valence-corrected chi connectivity index (χ4v) is 2.33. The molecule has 2 rings (SSSR count). The van der Waals surface area contributed by atoms with Crippen molar-refractivity contribution in [1.29, 1.82) is 0 Å². The van der Waals surface area contributed by atoms with E-state index in [0.717, 1.165) is 15.7 Å². The van der Waals surface area contributed by atoms with E-state index in [4.69, 9.17) is 4.74 Å². The lowest BCUT2D eigenvalue weighted by Gasteiger charge is -2.11. The summed E-state index contributed by atoms with van der Waals surface area (Å²) >= 11 is 3.47. The van der Waals surface area contributed by atoms with Gasteiger partial charge in [-0.3, -0.25) is 0 Å². The Kier molecular flexibility index (Phi) is 4.95. The van der Waals surface area contributed by atoms with Crippen LogP contribution >= 0.6 is 15.9 Å². The van der Waals surface area contributed by atoms with E-state index in [0.29, 0.717) is 17.9 Å². The third-order valence-electron chi connectivity index (χ3n) is 2.48. The van der Waals surface area contributed by atoms with Crippen molar-refractivity contribution < 1.29 is 4.74 Å². The first-order valence-corrected chi connectivity index (χ1v) is 7.40. The van der Waals surface area contributed by atoms with Gasteiger partial charge in [0.15, 0.2) is 0 Å². The Hall–Kier alpha value is -1.89. The predicted molar refractivity (Wildman–Crippen MR) is 87.3 cm³/mol. The molecule has 1 aromatic carbocycles. The smallest absolute Gasteiger partial charge is 0.323 e. The Labute approximate surface area is 132 Å². The largest absolute Gasteiger partial charge is 0.461 e. The number of nitrogens with zero attached hydrogens (tertiary/aromatic N) is 3. The molecule has 1 aromatic heterocycles. The van der Waals surface area contributed by atoms with Crippen molar-refractivity contribution in [3.63, 3.8) is 0 Å². The lowest BCUT2D eigenvalue weighted by atomic mass is 10.2. The van der Waals surface area contributed by atoms with E-state index in [1.165, 1.54) is 0 Å². The molecule has 0 atom stereocenters. The molecule has 0 amide bonds. The molecule has 2 aromatic rings. The Bertz CT molecular complexity index is 613. The topological polar surface area (TPSA) is 72.0 Å². The molecule has 2 N–H and O–H groups in total. The monoisotopic (exact) mass is 351 g/mol. The molecular weight excluding hydrogens is 334 g/mol. The summed E-state index contributed by atoms with van der Waals surface area (Å²) in [5.41, 5.74) is 2.03. The molecule has 0 bridgehead atoms. The van der Waals surface area contributed by atoms with Crippen molar-refractivity contribution >= 4 is 33.5 Å². The van der Waals surface area contributed by atoms with Crippen LogP contribution in [0.1, 0.15) is 19.4 Å². The first-order valence-electron chi connectivity index (χ1n) is 6.61. The normalized spacial score (nSPS) is 10.6. The Morgan fingerprint density at radius 3 is 2.43 bits per heavy atom. The molecule has 21 heavy (non-hydrogen) atoms. The number of rotatable bonds is 5. The zero-order chi connectivity index (χ0) is 15.4. The molecule has 1 heterocycles. The number of aromatic nitrogens is 3. The van der Waals surface area contributed by atoms with Gasteiger partial charge < -0.3 is 15.4 Å². The average molecular weight is 352 g/mol. The number of nitrogens with one attached hydrogen (secondary N) is 2. The number of ether oxygens (including phenoxy) is 1. The molecule has 0 fully saturated rings. The molecule has 112 valence electrons. The van der Waals surface area contributed by atoms with Gasteiger partial charge in [0.25, 0.3) is 0 Å². The second-order valence-electron chi connectivity index (χ2n) is 4.82. The molecular formula is C14H18BrN5O. The zero-order valence-corrected chi connectivity index (χ0v) is 14.0. The summed E-state index contributed by atoms with van der Waals surface area (Å²) < 4.78 is 6.52. The van der Waals surface area contributed by atoms with E-state index < -0.39 is 0 Å². The first kappa shape index (κ1) is 15.5. The van der Waals surface area contributed by atoms with Crippen LogP contribution in [0.5, 0.6) is 6.01 Å². The third kappa shape index (κ3) is 4.56. The first-order chi connectivity index (χ1) is 9.96. The van der Waals surface area contributed by atoms with Crippen LogP contribution in [0, 0.1) is 6.92 Å². The number of hydrogen-bond acceptors (Lipinski definition) is 6. The molecule has 7 heteroatoms. The van der Waals surface area contributed by atoms with Gasteiger partial charge in [0, 0.05) is 17.2 Å². The maximum absolute atomic E-state index is 5.53. The molecule has 0 unspecified atom stereocenters. The predicted octanol–water partition coefficient (Wildman–Crippen LogP) is 3.52. The second-order valence-corrected chi connectivity index (χ2v) is 5.74. The van der Waals surface area contributed by atoms with E-state index in [1.54, 1.807) is 7.05 Å². The number of halogens is 1. The highest BCUT2D eigenvalue weighted by molar-refractivity contribution is 9.10. The van der Waals surface area contributed by atoms with Gasteiger partial charge in [0.2, 0.25) is 11.9 Å². The van der Waals surface area contributed by atoms with Crippen molar-refractivity contribution in [2.24, 2.45) is 0 Å². The molecule has 0 radical (unpaired) electrons. The minimum atomic E-state index is -0.00179.